The molecule has 19 heavy (non-hydrogen) atoms. The molecule has 2 N–H and O–H groups in total. The summed E-state index contributed by atoms with van der Waals surface area (Å²) in [5.74, 6) is -0.163. The SMILES string of the molecule is CCC1CCN(S(=O)(=O)CCC(=O)OC)C(CN)C1. The van der Waals surface area contributed by atoms with E-state index in [1.807, 2.05) is 0 Å². The van der Waals surface area contributed by atoms with Crippen LogP contribution in [0.1, 0.15) is 32.6 Å². The molecule has 0 amide bonds. The fourth-order valence-electron chi connectivity index (χ4n) is 2.50. The number of carbonyl (C=O) groups excluding carboxylic acids is 1. The Morgan fingerprint density at radius 3 is 2.68 bits per heavy atom. The summed E-state index contributed by atoms with van der Waals surface area (Å²) in [5.41, 5.74) is 5.69. The predicted molar refractivity (Wildman–Crippen MR) is 73.0 cm³/mol. The van der Waals surface area contributed by atoms with Gasteiger partial charge in [-0.15, -0.1) is 0 Å². The van der Waals surface area contributed by atoms with E-state index in [0.717, 1.165) is 19.3 Å². The van der Waals surface area contributed by atoms with Crippen molar-refractivity contribution in [1.82, 2.24) is 4.31 Å². The molecule has 112 valence electrons. The molecule has 1 heterocycles. The monoisotopic (exact) mass is 292 g/mol. The van der Waals surface area contributed by atoms with Crippen molar-refractivity contribution in [3.63, 3.8) is 0 Å². The minimum Gasteiger partial charge on any atom is -0.469 e. The highest BCUT2D eigenvalue weighted by molar-refractivity contribution is 7.89. The smallest absolute Gasteiger partial charge is 0.306 e. The van der Waals surface area contributed by atoms with Crippen molar-refractivity contribution in [2.24, 2.45) is 11.7 Å². The number of hydrogen-bond acceptors (Lipinski definition) is 5. The van der Waals surface area contributed by atoms with Crippen LogP contribution < -0.4 is 5.73 Å². The normalized spacial score (nSPS) is 25.2. The number of rotatable bonds is 6. The van der Waals surface area contributed by atoms with Gasteiger partial charge in [0.15, 0.2) is 0 Å². The van der Waals surface area contributed by atoms with Gasteiger partial charge in [-0.25, -0.2) is 8.42 Å². The van der Waals surface area contributed by atoms with Crippen LogP contribution >= 0.6 is 0 Å². The van der Waals surface area contributed by atoms with Gasteiger partial charge < -0.3 is 10.5 Å². The average molecular weight is 292 g/mol. The second kappa shape index (κ2) is 7.21. The first-order chi connectivity index (χ1) is 8.94. The summed E-state index contributed by atoms with van der Waals surface area (Å²) in [6.45, 7) is 2.94. The summed E-state index contributed by atoms with van der Waals surface area (Å²) in [4.78, 5) is 11.1. The van der Waals surface area contributed by atoms with E-state index in [-0.39, 0.29) is 18.2 Å². The quantitative estimate of drug-likeness (QED) is 0.712. The highest BCUT2D eigenvalue weighted by Gasteiger charge is 2.34. The average Bonchev–Trinajstić information content (AvgIpc) is 2.43. The molecule has 2 atom stereocenters. The fourth-order valence-corrected chi connectivity index (χ4v) is 4.16. The van der Waals surface area contributed by atoms with E-state index in [4.69, 9.17) is 5.73 Å². The highest BCUT2D eigenvalue weighted by atomic mass is 32.2. The van der Waals surface area contributed by atoms with Crippen LogP contribution in [0.25, 0.3) is 0 Å². The first-order valence-corrected chi connectivity index (χ1v) is 8.31. The predicted octanol–water partition coefficient (Wildman–Crippen LogP) is 0.329. The van der Waals surface area contributed by atoms with E-state index < -0.39 is 16.0 Å². The molecule has 7 heteroatoms. The van der Waals surface area contributed by atoms with Crippen LogP contribution in [0.15, 0.2) is 0 Å². The summed E-state index contributed by atoms with van der Waals surface area (Å²) < 4.78 is 30.4. The van der Waals surface area contributed by atoms with Gasteiger partial charge in [-0.05, 0) is 18.8 Å². The molecule has 1 aliphatic rings. The Morgan fingerprint density at radius 2 is 2.16 bits per heavy atom. The number of piperidine rings is 1. The molecule has 0 radical (unpaired) electrons. The maximum Gasteiger partial charge on any atom is 0.306 e. The number of methoxy groups -OCH3 is 1. The van der Waals surface area contributed by atoms with Crippen molar-refractivity contribution >= 4 is 16.0 Å². The summed E-state index contributed by atoms with van der Waals surface area (Å²) in [6.07, 6.45) is 2.62. The van der Waals surface area contributed by atoms with Crippen LogP contribution in [-0.2, 0) is 19.6 Å². The van der Waals surface area contributed by atoms with Crippen LogP contribution in [0.5, 0.6) is 0 Å². The molecule has 0 aromatic carbocycles. The van der Waals surface area contributed by atoms with Crippen molar-refractivity contribution in [2.45, 2.75) is 38.6 Å². The van der Waals surface area contributed by atoms with Crippen molar-refractivity contribution < 1.29 is 17.9 Å². The third kappa shape index (κ3) is 4.43. The van der Waals surface area contributed by atoms with E-state index in [2.05, 4.69) is 11.7 Å². The van der Waals surface area contributed by atoms with Gasteiger partial charge in [0, 0.05) is 19.1 Å². The fraction of sp³-hybridized carbons (Fsp3) is 0.917. The molecule has 2 unspecified atom stereocenters. The van der Waals surface area contributed by atoms with E-state index in [1.165, 1.54) is 11.4 Å². The Morgan fingerprint density at radius 1 is 1.47 bits per heavy atom. The molecule has 0 aliphatic carbocycles. The number of nitrogens with two attached hydrogens (primary N) is 1. The third-order valence-corrected chi connectivity index (χ3v) is 5.68. The summed E-state index contributed by atoms with van der Waals surface area (Å²) >= 11 is 0. The number of nitrogens with zero attached hydrogens (tertiary/aromatic N) is 1. The van der Waals surface area contributed by atoms with Gasteiger partial charge in [-0.3, -0.25) is 4.79 Å². The lowest BCUT2D eigenvalue weighted by molar-refractivity contribution is -0.140. The Kier molecular flexibility index (Phi) is 6.22. The van der Waals surface area contributed by atoms with Crippen LogP contribution in [0.2, 0.25) is 0 Å². The standard InChI is InChI=1S/C12H24N2O4S/c1-3-10-4-6-14(11(8-10)9-13)19(16,17)7-5-12(15)18-2/h10-11H,3-9,13H2,1-2H3. The van der Waals surface area contributed by atoms with E-state index in [0.29, 0.717) is 19.0 Å². The minimum atomic E-state index is -3.43. The number of hydrogen-bond donors (Lipinski definition) is 1. The maximum absolute atomic E-state index is 12.2. The van der Waals surface area contributed by atoms with Crippen LogP contribution in [0.3, 0.4) is 0 Å². The third-order valence-electron chi connectivity index (χ3n) is 3.77. The molecular weight excluding hydrogens is 268 g/mol. The molecule has 1 rings (SSSR count). The largest absolute Gasteiger partial charge is 0.469 e. The number of sulfonamides is 1. The molecule has 6 nitrogen and oxygen atoms in total. The molecule has 0 bridgehead atoms. The molecule has 0 aromatic rings. The maximum atomic E-state index is 12.2. The van der Waals surface area contributed by atoms with E-state index in [1.54, 1.807) is 0 Å². The minimum absolute atomic E-state index is 0.107. The molecule has 0 saturated carbocycles. The van der Waals surface area contributed by atoms with Crippen molar-refractivity contribution in [1.29, 1.82) is 0 Å². The van der Waals surface area contributed by atoms with E-state index in [9.17, 15) is 13.2 Å². The topological polar surface area (TPSA) is 89.7 Å². The lowest BCUT2D eigenvalue weighted by Crippen LogP contribution is -2.50. The Bertz CT molecular complexity index is 397. The molecule has 1 aliphatic heterocycles. The van der Waals surface area contributed by atoms with Crippen LogP contribution in [0, 0.1) is 5.92 Å². The van der Waals surface area contributed by atoms with Gasteiger partial charge >= 0.3 is 5.97 Å². The second-order valence-electron chi connectivity index (χ2n) is 4.94. The lowest BCUT2D eigenvalue weighted by Gasteiger charge is -2.37. The van der Waals surface area contributed by atoms with Gasteiger partial charge in [0.1, 0.15) is 0 Å². The number of esters is 1. The van der Waals surface area contributed by atoms with Gasteiger partial charge in [-0.1, -0.05) is 13.3 Å². The Labute approximate surface area is 115 Å². The zero-order valence-corrected chi connectivity index (χ0v) is 12.5. The number of ether oxygens (including phenoxy) is 1. The van der Waals surface area contributed by atoms with Gasteiger partial charge in [-0.2, -0.15) is 4.31 Å². The lowest BCUT2D eigenvalue weighted by atomic mass is 9.90. The number of carbonyl (C=O) groups is 1. The van der Waals surface area contributed by atoms with Crippen LogP contribution in [-0.4, -0.2) is 50.7 Å². The van der Waals surface area contributed by atoms with Gasteiger partial charge in [0.05, 0.1) is 19.3 Å². The van der Waals surface area contributed by atoms with Crippen LogP contribution in [0.4, 0.5) is 0 Å². The molecule has 1 saturated heterocycles. The summed E-state index contributed by atoms with van der Waals surface area (Å²) in [7, 11) is -2.17. The zero-order valence-electron chi connectivity index (χ0n) is 11.7. The first kappa shape index (κ1) is 16.4. The van der Waals surface area contributed by atoms with Gasteiger partial charge in [0.2, 0.25) is 10.0 Å². The Hall–Kier alpha value is -0.660. The molecular formula is C12H24N2O4S. The van der Waals surface area contributed by atoms with Crippen molar-refractivity contribution in [2.75, 3.05) is 26.0 Å². The first-order valence-electron chi connectivity index (χ1n) is 6.71. The van der Waals surface area contributed by atoms with E-state index >= 15 is 0 Å². The molecule has 0 aromatic heterocycles. The van der Waals surface area contributed by atoms with Crippen molar-refractivity contribution in [3.05, 3.63) is 0 Å². The zero-order chi connectivity index (χ0) is 14.5. The van der Waals surface area contributed by atoms with Gasteiger partial charge in [0.25, 0.3) is 0 Å². The van der Waals surface area contributed by atoms with Crippen molar-refractivity contribution in [3.8, 4) is 0 Å². The second-order valence-corrected chi connectivity index (χ2v) is 6.98. The molecule has 0 spiro atoms. The molecule has 1 fully saturated rings. The summed E-state index contributed by atoms with van der Waals surface area (Å²) in [6, 6.07) is -0.138. The summed E-state index contributed by atoms with van der Waals surface area (Å²) in [5, 5.41) is 0. The Balaban J connectivity index is 2.68. The highest BCUT2D eigenvalue weighted by Crippen LogP contribution is 2.27.